The molecule has 0 fully saturated rings. The first-order chi connectivity index (χ1) is 14.4. The normalized spacial score (nSPS) is 10.9. The number of nitrogens with zero attached hydrogens (tertiary/aromatic N) is 3. The molecule has 0 radical (unpaired) electrons. The van der Waals surface area contributed by atoms with Crippen LogP contribution >= 0.6 is 11.3 Å². The highest BCUT2D eigenvalue weighted by atomic mass is 32.1. The van der Waals surface area contributed by atoms with E-state index in [1.807, 2.05) is 37.3 Å². The van der Waals surface area contributed by atoms with E-state index in [2.05, 4.69) is 10.4 Å². The topological polar surface area (TPSA) is 107 Å². The molecule has 4 aromatic rings. The van der Waals surface area contributed by atoms with Gasteiger partial charge in [-0.25, -0.2) is 9.66 Å². The summed E-state index contributed by atoms with van der Waals surface area (Å²) in [6, 6.07) is 13.6. The summed E-state index contributed by atoms with van der Waals surface area (Å²) < 4.78 is 1.01. The zero-order valence-electron chi connectivity index (χ0n) is 16.1. The fourth-order valence-electron chi connectivity index (χ4n) is 3.26. The van der Waals surface area contributed by atoms with Crippen LogP contribution in [0.2, 0.25) is 0 Å². The molecule has 0 saturated carbocycles. The Bertz CT molecular complexity index is 1360. The van der Waals surface area contributed by atoms with E-state index in [9.17, 15) is 19.7 Å². The number of rotatable bonds is 4. The molecule has 0 aliphatic rings. The number of hydrogen-bond acceptors (Lipinski definition) is 6. The van der Waals surface area contributed by atoms with Gasteiger partial charge in [-0.3, -0.25) is 25.1 Å². The summed E-state index contributed by atoms with van der Waals surface area (Å²) in [5.74, 6) is -0.644. The summed E-state index contributed by atoms with van der Waals surface area (Å²) in [4.78, 5) is 42.2. The smallest absolute Gasteiger partial charge is 0.267 e. The molecule has 0 saturated heterocycles. The lowest BCUT2D eigenvalue weighted by molar-refractivity contribution is -0.385. The standard InChI is InChI=1S/C21H16N4O4S/c1-12-8-9-15(10-16(12)25(28)29)19(26)23-24-11-22-20-18(21(24)27)17(13(2)30-20)14-6-4-3-5-7-14/h3-11H,1-2H3,(H,23,26). The number of nitro groups is 1. The van der Waals surface area contributed by atoms with E-state index in [4.69, 9.17) is 0 Å². The van der Waals surface area contributed by atoms with Gasteiger partial charge in [0.15, 0.2) is 0 Å². The van der Waals surface area contributed by atoms with Crippen molar-refractivity contribution in [3.05, 3.63) is 91.3 Å². The monoisotopic (exact) mass is 420 g/mol. The van der Waals surface area contributed by atoms with Gasteiger partial charge in [-0.15, -0.1) is 11.3 Å². The summed E-state index contributed by atoms with van der Waals surface area (Å²) in [5, 5.41) is 11.6. The number of aryl methyl sites for hydroxylation is 2. The second-order valence-electron chi connectivity index (χ2n) is 6.70. The fraction of sp³-hybridized carbons (Fsp3) is 0.0952. The minimum absolute atomic E-state index is 0.0732. The molecule has 0 unspecified atom stereocenters. The molecular formula is C21H16N4O4S. The molecule has 1 amide bonds. The van der Waals surface area contributed by atoms with Gasteiger partial charge >= 0.3 is 0 Å². The Balaban J connectivity index is 1.77. The van der Waals surface area contributed by atoms with Crippen molar-refractivity contribution < 1.29 is 9.72 Å². The van der Waals surface area contributed by atoms with Crippen LogP contribution in [0.4, 0.5) is 5.69 Å². The van der Waals surface area contributed by atoms with E-state index in [1.165, 1.54) is 35.9 Å². The van der Waals surface area contributed by atoms with Crippen LogP contribution in [0.1, 0.15) is 20.8 Å². The fourth-order valence-corrected chi connectivity index (χ4v) is 4.26. The van der Waals surface area contributed by atoms with Crippen molar-refractivity contribution in [2.75, 3.05) is 5.43 Å². The first kappa shape index (κ1) is 19.5. The van der Waals surface area contributed by atoms with E-state index in [1.54, 1.807) is 6.92 Å². The maximum atomic E-state index is 13.1. The quantitative estimate of drug-likeness (QED) is 0.396. The molecule has 0 aliphatic heterocycles. The predicted molar refractivity (Wildman–Crippen MR) is 116 cm³/mol. The SMILES string of the molecule is Cc1ccc(C(=O)Nn2cnc3sc(C)c(-c4ccccc4)c3c2=O)cc1[N+](=O)[O-]. The number of hydrogen-bond donors (Lipinski definition) is 1. The molecule has 4 rings (SSSR count). The van der Waals surface area contributed by atoms with Gasteiger partial charge in [-0.05, 0) is 25.5 Å². The highest BCUT2D eigenvalue weighted by molar-refractivity contribution is 7.19. The summed E-state index contributed by atoms with van der Waals surface area (Å²) in [6.07, 6.45) is 1.25. The lowest BCUT2D eigenvalue weighted by Crippen LogP contribution is -2.33. The number of nitro benzene ring substituents is 1. The third-order valence-electron chi connectivity index (χ3n) is 4.74. The number of fused-ring (bicyclic) bond motifs is 1. The second-order valence-corrected chi connectivity index (χ2v) is 7.90. The van der Waals surface area contributed by atoms with E-state index in [-0.39, 0.29) is 11.3 Å². The van der Waals surface area contributed by atoms with Crippen molar-refractivity contribution >= 4 is 33.1 Å². The van der Waals surface area contributed by atoms with Crippen molar-refractivity contribution in [1.29, 1.82) is 0 Å². The van der Waals surface area contributed by atoms with Crippen molar-refractivity contribution in [2.24, 2.45) is 0 Å². The average Bonchev–Trinajstić information content (AvgIpc) is 3.07. The van der Waals surface area contributed by atoms with Crippen LogP contribution in [-0.4, -0.2) is 20.5 Å². The molecular weight excluding hydrogens is 404 g/mol. The first-order valence-corrected chi connectivity index (χ1v) is 9.81. The number of nitrogens with one attached hydrogen (secondary N) is 1. The number of benzene rings is 2. The number of thiophene rings is 1. The molecule has 150 valence electrons. The van der Waals surface area contributed by atoms with Crippen LogP contribution in [0.25, 0.3) is 21.3 Å². The molecule has 30 heavy (non-hydrogen) atoms. The van der Waals surface area contributed by atoms with Crippen LogP contribution in [0.15, 0.2) is 59.7 Å². The number of aromatic nitrogens is 2. The third-order valence-corrected chi connectivity index (χ3v) is 5.75. The van der Waals surface area contributed by atoms with Gasteiger partial charge in [0.2, 0.25) is 0 Å². The Kier molecular flexibility index (Phi) is 4.88. The van der Waals surface area contributed by atoms with Gasteiger partial charge in [-0.2, -0.15) is 0 Å². The van der Waals surface area contributed by atoms with Gasteiger partial charge in [-0.1, -0.05) is 36.4 Å². The number of amides is 1. The lowest BCUT2D eigenvalue weighted by Gasteiger charge is -2.09. The Hall–Kier alpha value is -3.85. The lowest BCUT2D eigenvalue weighted by atomic mass is 10.0. The maximum absolute atomic E-state index is 13.1. The first-order valence-electron chi connectivity index (χ1n) is 8.99. The highest BCUT2D eigenvalue weighted by Crippen LogP contribution is 2.35. The van der Waals surface area contributed by atoms with Crippen LogP contribution < -0.4 is 11.0 Å². The average molecular weight is 420 g/mol. The van der Waals surface area contributed by atoms with E-state index in [0.29, 0.717) is 15.8 Å². The summed E-state index contributed by atoms with van der Waals surface area (Å²) in [5.41, 5.74) is 4.08. The van der Waals surface area contributed by atoms with E-state index >= 15 is 0 Å². The van der Waals surface area contributed by atoms with Gasteiger partial charge in [0.25, 0.3) is 17.2 Å². The Morgan fingerprint density at radius 3 is 2.60 bits per heavy atom. The Labute approximate surface area is 174 Å². The molecule has 0 aliphatic carbocycles. The maximum Gasteiger partial charge on any atom is 0.281 e. The predicted octanol–water partition coefficient (Wildman–Crippen LogP) is 4.03. The van der Waals surface area contributed by atoms with Gasteiger partial charge in [0.05, 0.1) is 10.3 Å². The van der Waals surface area contributed by atoms with Crippen molar-refractivity contribution in [1.82, 2.24) is 9.66 Å². The van der Waals surface area contributed by atoms with Crippen LogP contribution in [0.5, 0.6) is 0 Å². The number of carbonyl (C=O) groups is 1. The Morgan fingerprint density at radius 1 is 1.17 bits per heavy atom. The van der Waals surface area contributed by atoms with Crippen LogP contribution in [-0.2, 0) is 0 Å². The molecule has 2 heterocycles. The van der Waals surface area contributed by atoms with Crippen molar-refractivity contribution in [2.45, 2.75) is 13.8 Å². The minimum atomic E-state index is -0.644. The molecule has 0 spiro atoms. The highest BCUT2D eigenvalue weighted by Gasteiger charge is 2.19. The number of carbonyl (C=O) groups excluding carboxylic acids is 1. The molecule has 9 heteroatoms. The second kappa shape index (κ2) is 7.53. The van der Waals surface area contributed by atoms with E-state index < -0.39 is 16.4 Å². The largest absolute Gasteiger partial charge is 0.281 e. The summed E-state index contributed by atoms with van der Waals surface area (Å²) >= 11 is 1.41. The summed E-state index contributed by atoms with van der Waals surface area (Å²) in [7, 11) is 0. The zero-order chi connectivity index (χ0) is 21.4. The molecule has 0 atom stereocenters. The van der Waals surface area contributed by atoms with Crippen LogP contribution in [0, 0.1) is 24.0 Å². The summed E-state index contributed by atoms with van der Waals surface area (Å²) in [6.45, 7) is 3.51. The zero-order valence-corrected chi connectivity index (χ0v) is 16.9. The molecule has 0 bridgehead atoms. The minimum Gasteiger partial charge on any atom is -0.267 e. The van der Waals surface area contributed by atoms with Crippen molar-refractivity contribution in [3.8, 4) is 11.1 Å². The molecule has 1 N–H and O–H groups in total. The van der Waals surface area contributed by atoms with E-state index in [0.717, 1.165) is 20.7 Å². The molecule has 8 nitrogen and oxygen atoms in total. The Morgan fingerprint density at radius 2 is 1.90 bits per heavy atom. The van der Waals surface area contributed by atoms with Gasteiger partial charge < -0.3 is 0 Å². The molecule has 2 aromatic carbocycles. The molecule has 2 aromatic heterocycles. The third kappa shape index (κ3) is 3.35. The van der Waals surface area contributed by atoms with Gasteiger partial charge in [0.1, 0.15) is 11.2 Å². The van der Waals surface area contributed by atoms with Crippen LogP contribution in [0.3, 0.4) is 0 Å². The van der Waals surface area contributed by atoms with Crippen molar-refractivity contribution in [3.63, 3.8) is 0 Å². The van der Waals surface area contributed by atoms with Gasteiger partial charge in [0, 0.05) is 27.6 Å².